The van der Waals surface area contributed by atoms with Gasteiger partial charge in [-0.05, 0) is 25.7 Å². The van der Waals surface area contributed by atoms with Crippen molar-refractivity contribution >= 4 is 22.8 Å². The molecule has 5 heteroatoms. The molecule has 1 aliphatic heterocycles. The number of amides is 1. The highest BCUT2D eigenvalue weighted by molar-refractivity contribution is 8.14. The van der Waals surface area contributed by atoms with E-state index in [1.807, 2.05) is 13.8 Å². The van der Waals surface area contributed by atoms with E-state index in [0.717, 1.165) is 18.1 Å². The number of carbonyl (C=O) groups is 1. The van der Waals surface area contributed by atoms with Crippen molar-refractivity contribution in [2.75, 3.05) is 13.1 Å². The lowest BCUT2D eigenvalue weighted by atomic mass is 9.90. The lowest BCUT2D eigenvalue weighted by Crippen LogP contribution is -2.43. The van der Waals surface area contributed by atoms with Crippen LogP contribution in [0.3, 0.4) is 0 Å². The van der Waals surface area contributed by atoms with E-state index in [4.69, 9.17) is 0 Å². The Bertz CT molecular complexity index is 323. The maximum atomic E-state index is 11.6. The third-order valence-corrected chi connectivity index (χ3v) is 3.76. The Hall–Kier alpha value is -0.710. The van der Waals surface area contributed by atoms with Crippen molar-refractivity contribution < 1.29 is 4.79 Å². The fourth-order valence-corrected chi connectivity index (χ4v) is 3.31. The second kappa shape index (κ2) is 6.45. The number of amidine groups is 1. The van der Waals surface area contributed by atoms with E-state index in [1.165, 1.54) is 0 Å². The van der Waals surface area contributed by atoms with Crippen LogP contribution in [-0.4, -0.2) is 35.5 Å². The number of aliphatic imine (C=N–C) groups is 1. The summed E-state index contributed by atoms with van der Waals surface area (Å²) in [5, 5.41) is 7.42. The first-order chi connectivity index (χ1) is 8.31. The Balaban J connectivity index is 2.36. The minimum atomic E-state index is -0.218. The third-order valence-electron chi connectivity index (χ3n) is 2.64. The molecule has 0 aromatic heterocycles. The molecule has 0 aromatic carbocycles. The van der Waals surface area contributed by atoms with Gasteiger partial charge in [-0.25, -0.2) is 0 Å². The fourth-order valence-electron chi connectivity index (χ4n) is 1.86. The standard InChI is InChI=1S/C13H25N3OS/c1-6-14-11(17)9(2)16-12-15-8-10(18-12)7-13(3,4)5/h9-10H,6-8H2,1-5H3,(H,14,17)(H,15,16). The first kappa shape index (κ1) is 15.3. The van der Waals surface area contributed by atoms with Crippen molar-refractivity contribution in [1.29, 1.82) is 0 Å². The van der Waals surface area contributed by atoms with Gasteiger partial charge in [0, 0.05) is 11.8 Å². The number of hydrogen-bond donors (Lipinski definition) is 2. The van der Waals surface area contributed by atoms with Gasteiger partial charge in [-0.3, -0.25) is 9.79 Å². The van der Waals surface area contributed by atoms with Crippen LogP contribution in [0.4, 0.5) is 0 Å². The van der Waals surface area contributed by atoms with E-state index < -0.39 is 0 Å². The summed E-state index contributed by atoms with van der Waals surface area (Å²) in [4.78, 5) is 16.1. The van der Waals surface area contributed by atoms with Crippen molar-refractivity contribution in [2.45, 2.75) is 52.3 Å². The van der Waals surface area contributed by atoms with Gasteiger partial charge < -0.3 is 10.6 Å². The van der Waals surface area contributed by atoms with Gasteiger partial charge >= 0.3 is 0 Å². The fraction of sp³-hybridized carbons (Fsp3) is 0.846. The van der Waals surface area contributed by atoms with Crippen molar-refractivity contribution in [3.05, 3.63) is 0 Å². The molecule has 1 heterocycles. The van der Waals surface area contributed by atoms with Crippen LogP contribution >= 0.6 is 11.8 Å². The molecule has 4 nitrogen and oxygen atoms in total. The quantitative estimate of drug-likeness (QED) is 0.822. The molecule has 1 rings (SSSR count). The van der Waals surface area contributed by atoms with Crippen molar-refractivity contribution in [2.24, 2.45) is 10.4 Å². The Morgan fingerprint density at radius 1 is 1.56 bits per heavy atom. The summed E-state index contributed by atoms with van der Waals surface area (Å²) in [7, 11) is 0. The highest BCUT2D eigenvalue weighted by atomic mass is 32.2. The molecule has 0 spiro atoms. The molecular formula is C13H25N3OS. The van der Waals surface area contributed by atoms with Crippen LogP contribution in [0.2, 0.25) is 0 Å². The van der Waals surface area contributed by atoms with E-state index in [1.54, 1.807) is 11.8 Å². The second-order valence-electron chi connectivity index (χ2n) is 5.91. The van der Waals surface area contributed by atoms with Crippen LogP contribution in [0.15, 0.2) is 4.99 Å². The van der Waals surface area contributed by atoms with Crippen LogP contribution in [0, 0.1) is 5.41 Å². The average molecular weight is 271 g/mol. The lowest BCUT2D eigenvalue weighted by molar-refractivity contribution is -0.122. The van der Waals surface area contributed by atoms with E-state index in [9.17, 15) is 4.79 Å². The molecule has 1 amide bonds. The molecular weight excluding hydrogens is 246 g/mol. The molecule has 0 aliphatic carbocycles. The summed E-state index contributed by atoms with van der Waals surface area (Å²) in [5.74, 6) is 0.0278. The van der Waals surface area contributed by atoms with E-state index in [0.29, 0.717) is 17.2 Å². The molecule has 2 atom stereocenters. The summed E-state index contributed by atoms with van der Waals surface area (Å²) in [5.41, 5.74) is 0.327. The Morgan fingerprint density at radius 2 is 2.22 bits per heavy atom. The molecule has 104 valence electrons. The summed E-state index contributed by atoms with van der Waals surface area (Å²) >= 11 is 1.76. The summed E-state index contributed by atoms with van der Waals surface area (Å²) in [6.45, 7) is 12.0. The molecule has 2 N–H and O–H groups in total. The molecule has 0 bridgehead atoms. The monoisotopic (exact) mass is 271 g/mol. The molecule has 0 saturated carbocycles. The average Bonchev–Trinajstić information content (AvgIpc) is 2.63. The summed E-state index contributed by atoms with van der Waals surface area (Å²) in [6.07, 6.45) is 1.14. The van der Waals surface area contributed by atoms with Gasteiger partial charge in [-0.1, -0.05) is 32.5 Å². The molecule has 0 fully saturated rings. The minimum Gasteiger partial charge on any atom is -0.355 e. The second-order valence-corrected chi connectivity index (χ2v) is 7.20. The zero-order valence-electron chi connectivity index (χ0n) is 12.0. The zero-order chi connectivity index (χ0) is 13.8. The number of nitrogens with zero attached hydrogens (tertiary/aromatic N) is 1. The Morgan fingerprint density at radius 3 is 2.78 bits per heavy atom. The maximum absolute atomic E-state index is 11.6. The predicted octanol–water partition coefficient (Wildman–Crippen LogP) is 2.01. The molecule has 0 radical (unpaired) electrons. The first-order valence-corrected chi connectivity index (χ1v) is 7.45. The molecule has 0 saturated heterocycles. The number of rotatable bonds is 4. The molecule has 0 aromatic rings. The minimum absolute atomic E-state index is 0.0278. The van der Waals surface area contributed by atoms with Gasteiger partial charge in [0.1, 0.15) is 6.04 Å². The molecule has 1 aliphatic rings. The van der Waals surface area contributed by atoms with Crippen LogP contribution in [0.5, 0.6) is 0 Å². The topological polar surface area (TPSA) is 53.5 Å². The highest BCUT2D eigenvalue weighted by Crippen LogP contribution is 2.31. The van der Waals surface area contributed by atoms with Gasteiger partial charge in [0.05, 0.1) is 6.54 Å². The van der Waals surface area contributed by atoms with Gasteiger partial charge in [-0.2, -0.15) is 0 Å². The van der Waals surface area contributed by atoms with Gasteiger partial charge in [-0.15, -0.1) is 0 Å². The van der Waals surface area contributed by atoms with Crippen molar-refractivity contribution in [1.82, 2.24) is 10.6 Å². The van der Waals surface area contributed by atoms with E-state index in [-0.39, 0.29) is 11.9 Å². The molecule has 2 unspecified atom stereocenters. The van der Waals surface area contributed by atoms with Crippen LogP contribution in [0.25, 0.3) is 0 Å². The summed E-state index contributed by atoms with van der Waals surface area (Å²) < 4.78 is 0. The number of thioether (sulfide) groups is 1. The van der Waals surface area contributed by atoms with Gasteiger partial charge in [0.15, 0.2) is 5.17 Å². The first-order valence-electron chi connectivity index (χ1n) is 6.57. The van der Waals surface area contributed by atoms with Crippen LogP contribution in [-0.2, 0) is 4.79 Å². The third kappa shape index (κ3) is 5.29. The zero-order valence-corrected chi connectivity index (χ0v) is 12.9. The SMILES string of the molecule is CCNC(=O)C(C)NC1=NCC(CC(C)(C)C)S1. The number of hydrogen-bond acceptors (Lipinski definition) is 4. The normalized spacial score (nSPS) is 21.4. The lowest BCUT2D eigenvalue weighted by Gasteiger charge is -2.22. The highest BCUT2D eigenvalue weighted by Gasteiger charge is 2.26. The summed E-state index contributed by atoms with van der Waals surface area (Å²) in [6, 6.07) is -0.218. The maximum Gasteiger partial charge on any atom is 0.242 e. The van der Waals surface area contributed by atoms with Crippen LogP contribution < -0.4 is 10.6 Å². The number of nitrogens with one attached hydrogen (secondary N) is 2. The number of carbonyl (C=O) groups excluding carboxylic acids is 1. The van der Waals surface area contributed by atoms with Crippen LogP contribution in [0.1, 0.15) is 41.0 Å². The Labute approximate surface area is 114 Å². The largest absolute Gasteiger partial charge is 0.355 e. The number of likely N-dealkylation sites (N-methyl/N-ethyl adjacent to an activating group) is 1. The van der Waals surface area contributed by atoms with Crippen molar-refractivity contribution in [3.8, 4) is 0 Å². The van der Waals surface area contributed by atoms with Gasteiger partial charge in [0.25, 0.3) is 0 Å². The molecule has 18 heavy (non-hydrogen) atoms. The Kier molecular flexibility index (Phi) is 5.50. The van der Waals surface area contributed by atoms with E-state index >= 15 is 0 Å². The van der Waals surface area contributed by atoms with Crippen molar-refractivity contribution in [3.63, 3.8) is 0 Å². The van der Waals surface area contributed by atoms with Gasteiger partial charge in [0.2, 0.25) is 5.91 Å². The smallest absolute Gasteiger partial charge is 0.242 e. The predicted molar refractivity (Wildman–Crippen MR) is 79.0 cm³/mol. The van der Waals surface area contributed by atoms with E-state index in [2.05, 4.69) is 36.4 Å².